The van der Waals surface area contributed by atoms with Crippen LogP contribution >= 0.6 is 0 Å². The second-order valence-electron chi connectivity index (χ2n) is 13.3. The van der Waals surface area contributed by atoms with Gasteiger partial charge < -0.3 is 9.32 Å². The smallest absolute Gasteiger partial charge is 0.145 e. The summed E-state index contributed by atoms with van der Waals surface area (Å²) in [7, 11) is 0. The molecule has 0 unspecified atom stereocenters. The predicted octanol–water partition coefficient (Wildman–Crippen LogP) is 14.4. The molecule has 1 aromatic heterocycles. The van der Waals surface area contributed by atoms with Crippen LogP contribution in [-0.2, 0) is 0 Å². The summed E-state index contributed by atoms with van der Waals surface area (Å²) in [6.07, 6.45) is 0. The fourth-order valence-corrected chi connectivity index (χ4v) is 7.82. The first-order chi connectivity index (χ1) is 25.8. The summed E-state index contributed by atoms with van der Waals surface area (Å²) in [5.74, 6) is 0. The summed E-state index contributed by atoms with van der Waals surface area (Å²) in [6.45, 7) is 0. The minimum Gasteiger partial charge on any atom is -0.455 e. The molecular weight excluding hydrogens is 631 g/mol. The van der Waals surface area contributed by atoms with Crippen LogP contribution in [0, 0.1) is 0 Å². The van der Waals surface area contributed by atoms with Gasteiger partial charge >= 0.3 is 0 Å². The summed E-state index contributed by atoms with van der Waals surface area (Å²) in [5, 5.41) is 7.12. The van der Waals surface area contributed by atoms with E-state index in [2.05, 4.69) is 199 Å². The highest BCUT2D eigenvalue weighted by Crippen LogP contribution is 2.47. The molecule has 52 heavy (non-hydrogen) atoms. The van der Waals surface area contributed by atoms with E-state index >= 15 is 0 Å². The topological polar surface area (TPSA) is 16.4 Å². The fraction of sp³-hybridized carbons (Fsp3) is 0. The summed E-state index contributed by atoms with van der Waals surface area (Å²) in [5.41, 5.74) is 12.1. The van der Waals surface area contributed by atoms with Crippen LogP contribution in [0.5, 0.6) is 0 Å². The third-order valence-corrected chi connectivity index (χ3v) is 10.2. The molecule has 0 fully saturated rings. The molecule has 0 saturated heterocycles. The summed E-state index contributed by atoms with van der Waals surface area (Å²) >= 11 is 0. The van der Waals surface area contributed by atoms with Gasteiger partial charge in [0.1, 0.15) is 11.2 Å². The highest BCUT2D eigenvalue weighted by atomic mass is 16.3. The van der Waals surface area contributed by atoms with Gasteiger partial charge in [0, 0.05) is 22.3 Å². The number of para-hydroxylation sites is 2. The Balaban J connectivity index is 1.15. The van der Waals surface area contributed by atoms with Crippen LogP contribution in [-0.4, -0.2) is 0 Å². The fourth-order valence-electron chi connectivity index (χ4n) is 7.82. The van der Waals surface area contributed by atoms with Crippen LogP contribution in [0.4, 0.5) is 17.1 Å². The van der Waals surface area contributed by atoms with Crippen molar-refractivity contribution < 1.29 is 4.42 Å². The number of rotatable bonds is 6. The molecule has 0 aliphatic rings. The Kier molecular flexibility index (Phi) is 7.18. The van der Waals surface area contributed by atoms with E-state index in [1.807, 2.05) is 6.07 Å². The van der Waals surface area contributed by atoms with Gasteiger partial charge in [-0.3, -0.25) is 0 Å². The number of benzene rings is 9. The van der Waals surface area contributed by atoms with Crippen molar-refractivity contribution in [2.75, 3.05) is 4.90 Å². The number of anilines is 3. The Morgan fingerprint density at radius 2 is 0.942 bits per heavy atom. The van der Waals surface area contributed by atoms with Crippen molar-refractivity contribution in [1.29, 1.82) is 0 Å². The van der Waals surface area contributed by atoms with Crippen LogP contribution in [0.1, 0.15) is 0 Å². The summed E-state index contributed by atoms with van der Waals surface area (Å²) in [4.78, 5) is 2.36. The average Bonchev–Trinajstić information content (AvgIpc) is 3.61. The quantitative estimate of drug-likeness (QED) is 0.176. The molecule has 9 aromatic carbocycles. The van der Waals surface area contributed by atoms with Gasteiger partial charge in [0.2, 0.25) is 0 Å². The van der Waals surface area contributed by atoms with Crippen LogP contribution in [0.2, 0.25) is 0 Å². The average molecular weight is 664 g/mol. The second-order valence-corrected chi connectivity index (χ2v) is 13.3. The van der Waals surface area contributed by atoms with Gasteiger partial charge in [-0.25, -0.2) is 0 Å². The van der Waals surface area contributed by atoms with Crippen molar-refractivity contribution in [3.63, 3.8) is 0 Å². The van der Waals surface area contributed by atoms with E-state index in [4.69, 9.17) is 4.42 Å². The van der Waals surface area contributed by atoms with Gasteiger partial charge in [0.15, 0.2) is 0 Å². The zero-order valence-electron chi connectivity index (χ0n) is 28.4. The number of furan rings is 1. The first-order valence-electron chi connectivity index (χ1n) is 17.8. The lowest BCUT2D eigenvalue weighted by atomic mass is 9.91. The van der Waals surface area contributed by atoms with Crippen LogP contribution in [0.25, 0.3) is 76.9 Å². The molecular formula is C50H33NO. The monoisotopic (exact) mass is 663 g/mol. The van der Waals surface area contributed by atoms with E-state index in [1.54, 1.807) is 0 Å². The van der Waals surface area contributed by atoms with E-state index in [0.717, 1.165) is 50.1 Å². The molecule has 0 N–H and O–H groups in total. The Labute approximate surface area is 302 Å². The van der Waals surface area contributed by atoms with E-state index < -0.39 is 0 Å². The van der Waals surface area contributed by atoms with Gasteiger partial charge in [0.05, 0.1) is 11.1 Å². The minimum absolute atomic E-state index is 0.875. The first-order valence-corrected chi connectivity index (χ1v) is 17.8. The van der Waals surface area contributed by atoms with Crippen molar-refractivity contribution in [2.24, 2.45) is 0 Å². The predicted molar refractivity (Wildman–Crippen MR) is 220 cm³/mol. The SMILES string of the molecule is c1ccc(-c2cccc3cccc(-c4ccc(N(c5ccccc5)c5ccc(-c6ccc7ccccc7c6)c6oc7ccccc7c56)cc4)c23)cc1. The lowest BCUT2D eigenvalue weighted by Gasteiger charge is -2.27. The molecule has 244 valence electrons. The lowest BCUT2D eigenvalue weighted by molar-refractivity contribution is 0.670. The Morgan fingerprint density at radius 3 is 1.71 bits per heavy atom. The van der Waals surface area contributed by atoms with Gasteiger partial charge in [-0.2, -0.15) is 0 Å². The van der Waals surface area contributed by atoms with Crippen LogP contribution < -0.4 is 4.90 Å². The number of nitrogens with zero attached hydrogens (tertiary/aromatic N) is 1. The Hall–Kier alpha value is -6.90. The maximum Gasteiger partial charge on any atom is 0.145 e. The molecule has 0 aliphatic carbocycles. The Bertz CT molecular complexity index is 2880. The molecule has 10 rings (SSSR count). The van der Waals surface area contributed by atoms with E-state index in [1.165, 1.54) is 43.8 Å². The lowest BCUT2D eigenvalue weighted by Crippen LogP contribution is -2.10. The molecule has 0 atom stereocenters. The summed E-state index contributed by atoms with van der Waals surface area (Å²) in [6, 6.07) is 71.6. The van der Waals surface area contributed by atoms with Gasteiger partial charge in [-0.15, -0.1) is 0 Å². The molecule has 2 nitrogen and oxygen atoms in total. The van der Waals surface area contributed by atoms with Crippen molar-refractivity contribution in [2.45, 2.75) is 0 Å². The van der Waals surface area contributed by atoms with Gasteiger partial charge in [-0.05, 0) is 97.9 Å². The number of hydrogen-bond donors (Lipinski definition) is 0. The van der Waals surface area contributed by atoms with Crippen molar-refractivity contribution in [3.8, 4) is 33.4 Å². The molecule has 0 saturated carbocycles. The van der Waals surface area contributed by atoms with Crippen LogP contribution in [0.15, 0.2) is 205 Å². The highest BCUT2D eigenvalue weighted by molar-refractivity contribution is 6.17. The molecule has 10 aromatic rings. The molecule has 0 spiro atoms. The maximum atomic E-state index is 6.75. The zero-order chi connectivity index (χ0) is 34.4. The molecule has 0 radical (unpaired) electrons. The van der Waals surface area contributed by atoms with Crippen molar-refractivity contribution in [1.82, 2.24) is 0 Å². The number of fused-ring (bicyclic) bond motifs is 5. The zero-order valence-corrected chi connectivity index (χ0v) is 28.4. The van der Waals surface area contributed by atoms with E-state index in [9.17, 15) is 0 Å². The normalized spacial score (nSPS) is 11.5. The van der Waals surface area contributed by atoms with Crippen LogP contribution in [0.3, 0.4) is 0 Å². The molecule has 0 bridgehead atoms. The molecule has 2 heteroatoms. The molecule has 1 heterocycles. The van der Waals surface area contributed by atoms with Crippen molar-refractivity contribution >= 4 is 60.5 Å². The molecule has 0 amide bonds. The summed E-state index contributed by atoms with van der Waals surface area (Å²) < 4.78 is 6.75. The molecule has 0 aliphatic heterocycles. The van der Waals surface area contributed by atoms with Gasteiger partial charge in [-0.1, -0.05) is 152 Å². The highest BCUT2D eigenvalue weighted by Gasteiger charge is 2.22. The first kappa shape index (κ1) is 30.0. The maximum absolute atomic E-state index is 6.75. The Morgan fingerprint density at radius 1 is 0.346 bits per heavy atom. The minimum atomic E-state index is 0.875. The standard InChI is InChI=1S/C50H33NO/c1-3-14-35(15-4-1)42-22-11-17-37-18-12-23-43(48(37)42)36-27-29-41(30-28-36)51(40-19-5-2-6-20-40)46-32-31-44(39-26-25-34-13-7-8-16-38(34)33-39)50-49(46)45-21-9-10-24-47(45)52-50/h1-33H. The second kappa shape index (κ2) is 12.5. The third kappa shape index (κ3) is 5.04. The van der Waals surface area contributed by atoms with Gasteiger partial charge in [0.25, 0.3) is 0 Å². The number of hydrogen-bond acceptors (Lipinski definition) is 2. The van der Waals surface area contributed by atoms with E-state index in [-0.39, 0.29) is 0 Å². The third-order valence-electron chi connectivity index (χ3n) is 10.2. The largest absolute Gasteiger partial charge is 0.455 e. The van der Waals surface area contributed by atoms with Crippen molar-refractivity contribution in [3.05, 3.63) is 200 Å². The van der Waals surface area contributed by atoms with E-state index in [0.29, 0.717) is 0 Å².